The minimum atomic E-state index is -0.134. The van der Waals surface area contributed by atoms with E-state index in [9.17, 15) is 9.59 Å². The molecule has 1 aliphatic heterocycles. The van der Waals surface area contributed by atoms with Gasteiger partial charge in [-0.25, -0.2) is 4.98 Å². The average Bonchev–Trinajstić information content (AvgIpc) is 3.11. The molecule has 3 heterocycles. The van der Waals surface area contributed by atoms with Crippen LogP contribution in [0.1, 0.15) is 12.8 Å². The summed E-state index contributed by atoms with van der Waals surface area (Å²) < 4.78 is 1.96. The van der Waals surface area contributed by atoms with Gasteiger partial charge in [0.25, 0.3) is 0 Å². The highest BCUT2D eigenvalue weighted by atomic mass is 16.2. The second-order valence-corrected chi connectivity index (χ2v) is 5.26. The molecule has 22 heavy (non-hydrogen) atoms. The zero-order chi connectivity index (χ0) is 15.1. The van der Waals surface area contributed by atoms with E-state index in [4.69, 9.17) is 0 Å². The number of pyridine rings is 1. The first-order valence-corrected chi connectivity index (χ1v) is 7.12. The summed E-state index contributed by atoms with van der Waals surface area (Å²) in [5.41, 5.74) is 3.31. The molecule has 1 aromatic carbocycles. The van der Waals surface area contributed by atoms with Crippen LogP contribution in [0.15, 0.2) is 54.9 Å². The van der Waals surface area contributed by atoms with E-state index in [1.807, 2.05) is 47.1 Å². The normalized spacial score (nSPS) is 15.0. The topological polar surface area (TPSA) is 54.7 Å². The number of hydrogen-bond donors (Lipinski definition) is 0. The number of rotatable bonds is 2. The lowest BCUT2D eigenvalue weighted by Gasteiger charge is -2.13. The van der Waals surface area contributed by atoms with Crippen LogP contribution in [0, 0.1) is 0 Å². The van der Waals surface area contributed by atoms with Crippen LogP contribution < -0.4 is 4.90 Å². The number of aromatic nitrogens is 2. The summed E-state index contributed by atoms with van der Waals surface area (Å²) >= 11 is 0. The van der Waals surface area contributed by atoms with E-state index in [1.165, 1.54) is 4.90 Å². The van der Waals surface area contributed by atoms with Gasteiger partial charge in [-0.05, 0) is 24.3 Å². The van der Waals surface area contributed by atoms with E-state index in [0.717, 1.165) is 16.9 Å². The predicted molar refractivity (Wildman–Crippen MR) is 82.4 cm³/mol. The number of fused-ring (bicyclic) bond motifs is 1. The highest BCUT2D eigenvalue weighted by Crippen LogP contribution is 2.26. The largest absolute Gasteiger partial charge is 0.306 e. The number of imide groups is 1. The molecule has 0 N–H and O–H groups in total. The number of carbonyl (C=O) groups excluding carboxylic acids is 2. The Morgan fingerprint density at radius 1 is 0.909 bits per heavy atom. The quantitative estimate of drug-likeness (QED) is 0.682. The highest BCUT2D eigenvalue weighted by Gasteiger charge is 2.30. The highest BCUT2D eigenvalue weighted by molar-refractivity contribution is 6.19. The number of carbonyl (C=O) groups is 2. The van der Waals surface area contributed by atoms with Gasteiger partial charge in [0.2, 0.25) is 11.8 Å². The molecule has 2 aromatic heterocycles. The van der Waals surface area contributed by atoms with Gasteiger partial charge in [-0.1, -0.05) is 18.2 Å². The van der Waals surface area contributed by atoms with Crippen molar-refractivity contribution in [2.24, 2.45) is 0 Å². The molecule has 1 aliphatic rings. The van der Waals surface area contributed by atoms with Crippen LogP contribution in [0.2, 0.25) is 0 Å². The van der Waals surface area contributed by atoms with E-state index < -0.39 is 0 Å². The first-order chi connectivity index (χ1) is 10.7. The van der Waals surface area contributed by atoms with Gasteiger partial charge in [0.1, 0.15) is 5.65 Å². The monoisotopic (exact) mass is 291 g/mol. The predicted octanol–water partition coefficient (Wildman–Crippen LogP) is 2.65. The van der Waals surface area contributed by atoms with Crippen molar-refractivity contribution in [3.8, 4) is 11.3 Å². The molecule has 3 aromatic rings. The van der Waals surface area contributed by atoms with Gasteiger partial charge >= 0.3 is 0 Å². The van der Waals surface area contributed by atoms with E-state index in [1.54, 1.807) is 12.1 Å². The van der Waals surface area contributed by atoms with Gasteiger partial charge < -0.3 is 4.40 Å². The molecule has 4 rings (SSSR count). The summed E-state index contributed by atoms with van der Waals surface area (Å²) in [6.45, 7) is 0. The van der Waals surface area contributed by atoms with Crippen molar-refractivity contribution in [1.29, 1.82) is 0 Å². The molecule has 0 unspecified atom stereocenters. The van der Waals surface area contributed by atoms with Gasteiger partial charge in [0, 0.05) is 30.8 Å². The molecule has 0 atom stereocenters. The molecular formula is C17H13N3O2. The molecule has 0 radical (unpaired) electrons. The van der Waals surface area contributed by atoms with Crippen LogP contribution in [-0.2, 0) is 9.59 Å². The first-order valence-electron chi connectivity index (χ1n) is 7.12. The van der Waals surface area contributed by atoms with Crippen molar-refractivity contribution >= 4 is 23.1 Å². The van der Waals surface area contributed by atoms with Crippen LogP contribution in [0.25, 0.3) is 16.9 Å². The van der Waals surface area contributed by atoms with Gasteiger partial charge in [0.15, 0.2) is 0 Å². The fourth-order valence-electron chi connectivity index (χ4n) is 2.72. The Morgan fingerprint density at radius 2 is 1.64 bits per heavy atom. The second-order valence-electron chi connectivity index (χ2n) is 5.26. The van der Waals surface area contributed by atoms with Crippen molar-refractivity contribution in [1.82, 2.24) is 9.38 Å². The number of hydrogen-bond acceptors (Lipinski definition) is 3. The molecule has 1 fully saturated rings. The zero-order valence-corrected chi connectivity index (χ0v) is 11.8. The van der Waals surface area contributed by atoms with Gasteiger partial charge in [-0.2, -0.15) is 0 Å². The van der Waals surface area contributed by atoms with Crippen molar-refractivity contribution in [2.75, 3.05) is 4.90 Å². The fraction of sp³-hybridized carbons (Fsp3) is 0.118. The van der Waals surface area contributed by atoms with Gasteiger partial charge in [0.05, 0.1) is 11.4 Å². The van der Waals surface area contributed by atoms with Crippen molar-refractivity contribution in [3.05, 3.63) is 54.9 Å². The Hall–Kier alpha value is -2.95. The molecule has 108 valence electrons. The van der Waals surface area contributed by atoms with Crippen molar-refractivity contribution in [2.45, 2.75) is 12.8 Å². The Balaban J connectivity index is 1.69. The Morgan fingerprint density at radius 3 is 2.32 bits per heavy atom. The SMILES string of the molecule is O=C1CCC(=O)N1c1ccc(-c2cn3ccccc3n2)cc1. The number of benzene rings is 1. The average molecular weight is 291 g/mol. The molecule has 5 heteroatoms. The Bertz CT molecular complexity index is 831. The molecule has 0 aliphatic carbocycles. The zero-order valence-electron chi connectivity index (χ0n) is 11.8. The number of imidazole rings is 1. The smallest absolute Gasteiger partial charge is 0.234 e. The third kappa shape index (κ3) is 1.98. The van der Waals surface area contributed by atoms with Crippen LogP contribution in [-0.4, -0.2) is 21.2 Å². The third-order valence-corrected chi connectivity index (χ3v) is 3.84. The maximum atomic E-state index is 11.7. The molecule has 1 saturated heterocycles. The lowest BCUT2D eigenvalue weighted by Crippen LogP contribution is -2.28. The van der Waals surface area contributed by atoms with Gasteiger partial charge in [-0.3, -0.25) is 14.5 Å². The summed E-state index contributed by atoms with van der Waals surface area (Å²) in [5.74, 6) is -0.268. The van der Waals surface area contributed by atoms with Crippen molar-refractivity contribution < 1.29 is 9.59 Å². The maximum Gasteiger partial charge on any atom is 0.234 e. The van der Waals surface area contributed by atoms with E-state index in [0.29, 0.717) is 18.5 Å². The number of amides is 2. The first kappa shape index (κ1) is 12.8. The number of nitrogens with zero attached hydrogens (tertiary/aromatic N) is 3. The summed E-state index contributed by atoms with van der Waals surface area (Å²) in [7, 11) is 0. The summed E-state index contributed by atoms with van der Waals surface area (Å²) in [6, 6.07) is 13.2. The van der Waals surface area contributed by atoms with Crippen LogP contribution >= 0.6 is 0 Å². The molecule has 0 spiro atoms. The molecular weight excluding hydrogens is 278 g/mol. The van der Waals surface area contributed by atoms with E-state index in [-0.39, 0.29) is 11.8 Å². The number of anilines is 1. The molecule has 0 bridgehead atoms. The Labute approximate surface area is 126 Å². The summed E-state index contributed by atoms with van der Waals surface area (Å²) in [5, 5.41) is 0. The lowest BCUT2D eigenvalue weighted by molar-refractivity contribution is -0.121. The standard InChI is InChI=1S/C17H13N3O2/c21-16-8-9-17(22)20(16)13-6-4-12(5-7-13)14-11-19-10-2-1-3-15(19)18-14/h1-7,10-11H,8-9H2. The van der Waals surface area contributed by atoms with E-state index >= 15 is 0 Å². The summed E-state index contributed by atoms with van der Waals surface area (Å²) in [4.78, 5) is 29.3. The Kier molecular flexibility index (Phi) is 2.79. The minimum absolute atomic E-state index is 0.134. The van der Waals surface area contributed by atoms with Crippen LogP contribution in [0.4, 0.5) is 5.69 Å². The van der Waals surface area contributed by atoms with Crippen molar-refractivity contribution in [3.63, 3.8) is 0 Å². The molecule has 2 amide bonds. The fourth-order valence-corrected chi connectivity index (χ4v) is 2.72. The third-order valence-electron chi connectivity index (χ3n) is 3.84. The molecule has 0 saturated carbocycles. The van der Waals surface area contributed by atoms with Crippen LogP contribution in [0.5, 0.6) is 0 Å². The van der Waals surface area contributed by atoms with Crippen LogP contribution in [0.3, 0.4) is 0 Å². The molecule has 5 nitrogen and oxygen atoms in total. The minimum Gasteiger partial charge on any atom is -0.306 e. The lowest BCUT2D eigenvalue weighted by atomic mass is 10.1. The second kappa shape index (κ2) is 4.80. The van der Waals surface area contributed by atoms with E-state index in [2.05, 4.69) is 4.98 Å². The maximum absolute atomic E-state index is 11.7. The van der Waals surface area contributed by atoms with Gasteiger partial charge in [-0.15, -0.1) is 0 Å². The summed E-state index contributed by atoms with van der Waals surface area (Å²) in [6.07, 6.45) is 4.50.